The average Bonchev–Trinajstić information content (AvgIpc) is 2.73. The summed E-state index contributed by atoms with van der Waals surface area (Å²) in [5.41, 5.74) is 0.345. The molecule has 0 bridgehead atoms. The normalized spacial score (nSPS) is 21.1. The van der Waals surface area contributed by atoms with Gasteiger partial charge >= 0.3 is 6.18 Å². The molecule has 100 valence electrons. The van der Waals surface area contributed by atoms with E-state index >= 15 is 0 Å². The van der Waals surface area contributed by atoms with Crippen molar-refractivity contribution >= 4 is 5.91 Å². The number of furan rings is 1. The SMILES string of the molecule is Cc1occc1C(=O)N1CCCC(C(F)(F)F)C1. The van der Waals surface area contributed by atoms with Gasteiger partial charge in [0, 0.05) is 13.1 Å². The molecule has 0 aromatic carbocycles. The van der Waals surface area contributed by atoms with Crippen molar-refractivity contribution in [1.82, 2.24) is 4.90 Å². The van der Waals surface area contributed by atoms with Crippen LogP contribution < -0.4 is 0 Å². The second-order valence-corrected chi connectivity index (χ2v) is 4.52. The van der Waals surface area contributed by atoms with Crippen LogP contribution in [0.2, 0.25) is 0 Å². The second-order valence-electron chi connectivity index (χ2n) is 4.52. The number of alkyl halides is 3. The summed E-state index contributed by atoms with van der Waals surface area (Å²) in [4.78, 5) is 13.3. The molecule has 1 aromatic rings. The van der Waals surface area contributed by atoms with Gasteiger partial charge < -0.3 is 9.32 Å². The number of rotatable bonds is 1. The lowest BCUT2D eigenvalue weighted by atomic mass is 9.97. The van der Waals surface area contributed by atoms with E-state index in [0.717, 1.165) is 0 Å². The zero-order chi connectivity index (χ0) is 13.3. The van der Waals surface area contributed by atoms with Gasteiger partial charge in [-0.05, 0) is 25.8 Å². The van der Waals surface area contributed by atoms with E-state index in [0.29, 0.717) is 24.3 Å². The van der Waals surface area contributed by atoms with Crippen LogP contribution in [-0.4, -0.2) is 30.1 Å². The third-order valence-corrected chi connectivity index (χ3v) is 3.26. The van der Waals surface area contributed by atoms with Crippen LogP contribution in [-0.2, 0) is 0 Å². The van der Waals surface area contributed by atoms with Gasteiger partial charge in [0.15, 0.2) is 0 Å². The fourth-order valence-corrected chi connectivity index (χ4v) is 2.21. The number of piperidine rings is 1. The number of nitrogens with zero attached hydrogens (tertiary/aromatic N) is 1. The fourth-order valence-electron chi connectivity index (χ4n) is 2.21. The van der Waals surface area contributed by atoms with Crippen LogP contribution >= 0.6 is 0 Å². The molecule has 3 nitrogen and oxygen atoms in total. The highest BCUT2D eigenvalue weighted by atomic mass is 19.4. The molecule has 6 heteroatoms. The molecule has 0 spiro atoms. The zero-order valence-corrected chi connectivity index (χ0v) is 9.96. The molecule has 18 heavy (non-hydrogen) atoms. The van der Waals surface area contributed by atoms with E-state index in [-0.39, 0.29) is 18.9 Å². The van der Waals surface area contributed by atoms with Crippen LogP contribution in [0.15, 0.2) is 16.7 Å². The third-order valence-electron chi connectivity index (χ3n) is 3.26. The summed E-state index contributed by atoms with van der Waals surface area (Å²) < 4.78 is 42.9. The Morgan fingerprint density at radius 3 is 2.78 bits per heavy atom. The predicted molar refractivity (Wildman–Crippen MR) is 58.1 cm³/mol. The van der Waals surface area contributed by atoms with Crippen LogP contribution in [0.1, 0.15) is 29.0 Å². The third kappa shape index (κ3) is 2.52. The highest BCUT2D eigenvalue weighted by Crippen LogP contribution is 2.33. The van der Waals surface area contributed by atoms with Crippen LogP contribution in [0.4, 0.5) is 13.2 Å². The molecule has 1 aliphatic heterocycles. The van der Waals surface area contributed by atoms with Crippen molar-refractivity contribution in [3.63, 3.8) is 0 Å². The van der Waals surface area contributed by atoms with Crippen molar-refractivity contribution in [2.45, 2.75) is 25.9 Å². The Morgan fingerprint density at radius 2 is 2.22 bits per heavy atom. The molecular formula is C12H14F3NO2. The molecule has 1 fully saturated rings. The van der Waals surface area contributed by atoms with Gasteiger partial charge in [-0.15, -0.1) is 0 Å². The Balaban J connectivity index is 2.10. The summed E-state index contributed by atoms with van der Waals surface area (Å²) in [7, 11) is 0. The van der Waals surface area contributed by atoms with Crippen LogP contribution in [0.3, 0.4) is 0 Å². The highest BCUT2D eigenvalue weighted by molar-refractivity contribution is 5.95. The molecule has 1 saturated heterocycles. The molecule has 0 N–H and O–H groups in total. The summed E-state index contributed by atoms with van der Waals surface area (Å²) in [5.74, 6) is -1.35. The maximum atomic E-state index is 12.6. The quantitative estimate of drug-likeness (QED) is 0.778. The number of hydrogen-bond donors (Lipinski definition) is 0. The molecule has 2 rings (SSSR count). The van der Waals surface area contributed by atoms with E-state index in [1.807, 2.05) is 0 Å². The molecule has 1 aromatic heterocycles. The molecule has 0 aliphatic carbocycles. The number of hydrogen-bond acceptors (Lipinski definition) is 2. The smallest absolute Gasteiger partial charge is 0.393 e. The first-order chi connectivity index (χ1) is 8.39. The van der Waals surface area contributed by atoms with E-state index in [1.165, 1.54) is 17.2 Å². The van der Waals surface area contributed by atoms with E-state index in [1.54, 1.807) is 6.92 Å². The number of amides is 1. The summed E-state index contributed by atoms with van der Waals surface area (Å²) in [6.45, 7) is 1.74. The molecule has 2 heterocycles. The van der Waals surface area contributed by atoms with Gasteiger partial charge in [-0.3, -0.25) is 4.79 Å². The molecule has 0 radical (unpaired) electrons. The molecular weight excluding hydrogens is 247 g/mol. The summed E-state index contributed by atoms with van der Waals surface area (Å²) in [5, 5.41) is 0. The Hall–Kier alpha value is -1.46. The fraction of sp³-hybridized carbons (Fsp3) is 0.583. The number of likely N-dealkylation sites (tertiary alicyclic amines) is 1. The minimum atomic E-state index is -4.23. The zero-order valence-electron chi connectivity index (χ0n) is 9.96. The van der Waals surface area contributed by atoms with Crippen molar-refractivity contribution in [2.75, 3.05) is 13.1 Å². The Labute approximate surface area is 103 Å². The first-order valence-corrected chi connectivity index (χ1v) is 5.79. The predicted octanol–water partition coefficient (Wildman–Crippen LogP) is 3.00. The van der Waals surface area contributed by atoms with Gasteiger partial charge in [-0.2, -0.15) is 13.2 Å². The highest BCUT2D eigenvalue weighted by Gasteiger charge is 2.42. The average molecular weight is 261 g/mol. The standard InChI is InChI=1S/C12H14F3NO2/c1-8-10(4-6-18-8)11(17)16-5-2-3-9(7-16)12(13,14)15/h4,6,9H,2-3,5,7H2,1H3. The molecule has 1 aliphatic rings. The lowest BCUT2D eigenvalue weighted by Crippen LogP contribution is -2.44. The maximum Gasteiger partial charge on any atom is 0.393 e. The van der Waals surface area contributed by atoms with Gasteiger partial charge in [0.2, 0.25) is 0 Å². The Kier molecular flexibility index (Phi) is 3.36. The number of halogens is 3. The van der Waals surface area contributed by atoms with Crippen molar-refractivity contribution in [3.8, 4) is 0 Å². The summed E-state index contributed by atoms with van der Waals surface area (Å²) >= 11 is 0. The Morgan fingerprint density at radius 1 is 1.50 bits per heavy atom. The summed E-state index contributed by atoms with van der Waals surface area (Å²) in [6.07, 6.45) is -2.39. The number of aryl methyl sites for hydroxylation is 1. The first-order valence-electron chi connectivity index (χ1n) is 5.79. The lowest BCUT2D eigenvalue weighted by molar-refractivity contribution is -0.184. The lowest BCUT2D eigenvalue weighted by Gasteiger charge is -2.33. The van der Waals surface area contributed by atoms with Crippen molar-refractivity contribution in [1.29, 1.82) is 0 Å². The van der Waals surface area contributed by atoms with E-state index in [4.69, 9.17) is 4.42 Å². The molecule has 1 atom stereocenters. The number of carbonyl (C=O) groups excluding carboxylic acids is 1. The minimum absolute atomic E-state index is 0.0949. The van der Waals surface area contributed by atoms with Gasteiger partial charge in [-0.25, -0.2) is 0 Å². The van der Waals surface area contributed by atoms with E-state index in [9.17, 15) is 18.0 Å². The molecule has 0 saturated carbocycles. The van der Waals surface area contributed by atoms with Crippen molar-refractivity contribution < 1.29 is 22.4 Å². The second kappa shape index (κ2) is 4.66. The largest absolute Gasteiger partial charge is 0.469 e. The van der Waals surface area contributed by atoms with Gasteiger partial charge in [0.1, 0.15) is 5.76 Å². The van der Waals surface area contributed by atoms with Gasteiger partial charge in [0.25, 0.3) is 5.91 Å². The topological polar surface area (TPSA) is 33.5 Å². The Bertz CT molecular complexity index is 439. The minimum Gasteiger partial charge on any atom is -0.469 e. The van der Waals surface area contributed by atoms with Crippen LogP contribution in [0, 0.1) is 12.8 Å². The monoisotopic (exact) mass is 261 g/mol. The van der Waals surface area contributed by atoms with Crippen LogP contribution in [0.5, 0.6) is 0 Å². The van der Waals surface area contributed by atoms with Gasteiger partial charge in [0.05, 0.1) is 17.7 Å². The van der Waals surface area contributed by atoms with Crippen molar-refractivity contribution in [3.05, 3.63) is 23.7 Å². The van der Waals surface area contributed by atoms with Crippen molar-refractivity contribution in [2.24, 2.45) is 5.92 Å². The molecule has 1 unspecified atom stereocenters. The van der Waals surface area contributed by atoms with Gasteiger partial charge in [-0.1, -0.05) is 0 Å². The maximum absolute atomic E-state index is 12.6. The van der Waals surface area contributed by atoms with E-state index in [2.05, 4.69) is 0 Å². The van der Waals surface area contributed by atoms with E-state index < -0.39 is 12.1 Å². The number of carbonyl (C=O) groups is 1. The summed E-state index contributed by atoms with van der Waals surface area (Å²) in [6, 6.07) is 1.49. The first kappa shape index (κ1) is 13.0. The molecule has 1 amide bonds. The van der Waals surface area contributed by atoms with Crippen LogP contribution in [0.25, 0.3) is 0 Å².